The largest absolute Gasteiger partial charge is 0.478 e. The molecule has 0 amide bonds. The predicted octanol–water partition coefficient (Wildman–Crippen LogP) is 2.76. The Hall–Kier alpha value is -2.08. The summed E-state index contributed by atoms with van der Waals surface area (Å²) in [5, 5.41) is 8.68. The summed E-state index contributed by atoms with van der Waals surface area (Å²) in [5.41, 5.74) is 1.95. The maximum atomic E-state index is 10.6. The molecule has 3 rings (SSSR count). The smallest absolute Gasteiger partial charge is 0.328 e. The van der Waals surface area contributed by atoms with E-state index in [-0.39, 0.29) is 0 Å². The van der Waals surface area contributed by atoms with Crippen LogP contribution in [-0.4, -0.2) is 27.2 Å². The zero-order chi connectivity index (χ0) is 14.8. The lowest BCUT2D eigenvalue weighted by Crippen LogP contribution is -2.33. The molecule has 0 fully saturated rings. The minimum atomic E-state index is -0.950. The molecule has 108 valence electrons. The number of halogens is 1. The quantitative estimate of drug-likeness (QED) is 0.867. The lowest BCUT2D eigenvalue weighted by Gasteiger charge is -2.29. The summed E-state index contributed by atoms with van der Waals surface area (Å²) in [6, 6.07) is 5.94. The molecule has 0 spiro atoms. The number of aliphatic carboxylic acids is 1. The van der Waals surface area contributed by atoms with Gasteiger partial charge < -0.3 is 14.6 Å². The van der Waals surface area contributed by atoms with E-state index in [1.165, 1.54) is 0 Å². The van der Waals surface area contributed by atoms with E-state index in [0.717, 1.165) is 47.3 Å². The van der Waals surface area contributed by atoms with Crippen molar-refractivity contribution >= 4 is 33.7 Å². The number of carboxylic acid groups (broad SMARTS) is 1. The molecule has 0 aliphatic carbocycles. The number of rotatable bonds is 3. The van der Waals surface area contributed by atoms with Gasteiger partial charge in [-0.1, -0.05) is 22.0 Å². The molecule has 0 saturated heterocycles. The Morgan fingerprint density at radius 2 is 2.24 bits per heavy atom. The third kappa shape index (κ3) is 3.00. The van der Waals surface area contributed by atoms with Gasteiger partial charge in [0.25, 0.3) is 0 Å². The third-order valence-corrected chi connectivity index (χ3v) is 4.19. The van der Waals surface area contributed by atoms with Gasteiger partial charge in [0.2, 0.25) is 0 Å². The van der Waals surface area contributed by atoms with Gasteiger partial charge in [-0.2, -0.15) is 0 Å². The van der Waals surface area contributed by atoms with Crippen molar-refractivity contribution in [3.8, 4) is 0 Å². The Bertz CT molecular complexity index is 709. The number of carbonyl (C=O) groups is 1. The van der Waals surface area contributed by atoms with Crippen LogP contribution < -0.4 is 4.90 Å². The van der Waals surface area contributed by atoms with E-state index in [0.29, 0.717) is 0 Å². The normalized spacial score (nSPS) is 14.4. The number of benzene rings is 1. The van der Waals surface area contributed by atoms with Crippen molar-refractivity contribution in [2.75, 3.05) is 11.4 Å². The molecule has 2 heterocycles. The van der Waals surface area contributed by atoms with Gasteiger partial charge in [0, 0.05) is 41.7 Å². The van der Waals surface area contributed by atoms with Crippen LogP contribution >= 0.6 is 15.9 Å². The van der Waals surface area contributed by atoms with E-state index in [2.05, 4.69) is 30.4 Å². The molecule has 1 aliphatic rings. The van der Waals surface area contributed by atoms with E-state index in [1.54, 1.807) is 6.08 Å². The summed E-state index contributed by atoms with van der Waals surface area (Å²) in [6.45, 7) is 2.64. The minimum Gasteiger partial charge on any atom is -0.478 e. The number of carboxylic acids is 1. The molecule has 0 saturated carbocycles. The zero-order valence-electron chi connectivity index (χ0n) is 11.2. The minimum absolute atomic E-state index is 0.781. The van der Waals surface area contributed by atoms with Crippen molar-refractivity contribution in [1.29, 1.82) is 0 Å². The third-order valence-electron chi connectivity index (χ3n) is 3.50. The number of aromatic nitrogens is 2. The van der Waals surface area contributed by atoms with Gasteiger partial charge in [-0.3, -0.25) is 0 Å². The second-order valence-electron chi connectivity index (χ2n) is 4.84. The second-order valence-corrected chi connectivity index (χ2v) is 5.69. The van der Waals surface area contributed by atoms with Crippen LogP contribution in [0.1, 0.15) is 11.4 Å². The summed E-state index contributed by atoms with van der Waals surface area (Å²) in [6.07, 6.45) is 6.55. The first-order chi connectivity index (χ1) is 10.1. The highest BCUT2D eigenvalue weighted by molar-refractivity contribution is 9.10. The number of nitrogens with zero attached hydrogens (tertiary/aromatic N) is 3. The SMILES string of the molecule is O=C(O)/C=C/c1ccc(N2CCn3ccnc3C2)cc1Br. The van der Waals surface area contributed by atoms with Crippen molar-refractivity contribution in [3.63, 3.8) is 0 Å². The first kappa shape index (κ1) is 13.9. The maximum absolute atomic E-state index is 10.6. The molecule has 0 unspecified atom stereocenters. The molecule has 5 nitrogen and oxygen atoms in total. The number of anilines is 1. The van der Waals surface area contributed by atoms with E-state index >= 15 is 0 Å². The molecule has 0 bridgehead atoms. The van der Waals surface area contributed by atoms with Crippen molar-refractivity contribution < 1.29 is 9.90 Å². The topological polar surface area (TPSA) is 58.4 Å². The van der Waals surface area contributed by atoms with Crippen LogP contribution in [0.3, 0.4) is 0 Å². The summed E-state index contributed by atoms with van der Waals surface area (Å²) in [7, 11) is 0. The fourth-order valence-corrected chi connectivity index (χ4v) is 2.90. The fourth-order valence-electron chi connectivity index (χ4n) is 2.40. The molecular weight excluding hydrogens is 334 g/mol. The van der Waals surface area contributed by atoms with Crippen molar-refractivity contribution in [2.24, 2.45) is 0 Å². The molecule has 2 aromatic rings. The standard InChI is InChI=1S/C15H14BrN3O2/c16-13-9-12(3-1-11(13)2-4-15(20)21)19-8-7-18-6-5-17-14(18)10-19/h1-6,9H,7-8,10H2,(H,20,21)/b4-2+. The molecule has 1 aromatic carbocycles. The summed E-state index contributed by atoms with van der Waals surface area (Å²) >= 11 is 3.50. The first-order valence-electron chi connectivity index (χ1n) is 6.59. The molecular formula is C15H14BrN3O2. The Balaban J connectivity index is 1.81. The van der Waals surface area contributed by atoms with E-state index < -0.39 is 5.97 Å². The molecule has 1 aromatic heterocycles. The number of fused-ring (bicyclic) bond motifs is 1. The van der Waals surface area contributed by atoms with Gasteiger partial charge in [0.05, 0.1) is 6.54 Å². The number of imidazole rings is 1. The number of hydrogen-bond donors (Lipinski definition) is 1. The van der Waals surface area contributed by atoms with Gasteiger partial charge in [0.1, 0.15) is 5.82 Å². The van der Waals surface area contributed by atoms with Crippen molar-refractivity contribution in [2.45, 2.75) is 13.1 Å². The van der Waals surface area contributed by atoms with Crippen LogP contribution in [0.4, 0.5) is 5.69 Å². The lowest BCUT2D eigenvalue weighted by atomic mass is 10.1. The first-order valence-corrected chi connectivity index (χ1v) is 7.38. The average molecular weight is 348 g/mol. The van der Waals surface area contributed by atoms with Crippen molar-refractivity contribution in [3.05, 3.63) is 52.5 Å². The van der Waals surface area contributed by atoms with E-state index in [4.69, 9.17) is 5.11 Å². The molecule has 6 heteroatoms. The summed E-state index contributed by atoms with van der Waals surface area (Å²) in [5.74, 6) is 0.112. The van der Waals surface area contributed by atoms with Gasteiger partial charge >= 0.3 is 5.97 Å². The van der Waals surface area contributed by atoms with Gasteiger partial charge in [-0.05, 0) is 23.8 Å². The van der Waals surface area contributed by atoms with Crippen LogP contribution in [0.5, 0.6) is 0 Å². The molecule has 1 N–H and O–H groups in total. The Morgan fingerprint density at radius 3 is 3.00 bits per heavy atom. The van der Waals surface area contributed by atoms with Gasteiger partial charge in [0.15, 0.2) is 0 Å². The lowest BCUT2D eigenvalue weighted by molar-refractivity contribution is -0.131. The van der Waals surface area contributed by atoms with Crippen LogP contribution in [0, 0.1) is 0 Å². The Labute approximate surface area is 130 Å². The highest BCUT2D eigenvalue weighted by Crippen LogP contribution is 2.27. The number of hydrogen-bond acceptors (Lipinski definition) is 3. The summed E-state index contributed by atoms with van der Waals surface area (Å²) in [4.78, 5) is 17.2. The molecule has 21 heavy (non-hydrogen) atoms. The van der Waals surface area contributed by atoms with Gasteiger partial charge in [-0.15, -0.1) is 0 Å². The van der Waals surface area contributed by atoms with Crippen LogP contribution in [0.15, 0.2) is 41.1 Å². The predicted molar refractivity (Wildman–Crippen MR) is 84.1 cm³/mol. The van der Waals surface area contributed by atoms with Gasteiger partial charge in [-0.25, -0.2) is 9.78 Å². The molecule has 0 radical (unpaired) electrons. The highest BCUT2D eigenvalue weighted by atomic mass is 79.9. The Kier molecular flexibility index (Phi) is 3.79. The highest BCUT2D eigenvalue weighted by Gasteiger charge is 2.17. The van der Waals surface area contributed by atoms with E-state index in [9.17, 15) is 4.79 Å². The zero-order valence-corrected chi connectivity index (χ0v) is 12.8. The average Bonchev–Trinajstić information content (AvgIpc) is 2.93. The van der Waals surface area contributed by atoms with E-state index in [1.807, 2.05) is 30.6 Å². The monoisotopic (exact) mass is 347 g/mol. The van der Waals surface area contributed by atoms with Crippen LogP contribution in [-0.2, 0) is 17.9 Å². The molecule has 1 aliphatic heterocycles. The van der Waals surface area contributed by atoms with Crippen LogP contribution in [0.25, 0.3) is 6.08 Å². The van der Waals surface area contributed by atoms with Crippen LogP contribution in [0.2, 0.25) is 0 Å². The van der Waals surface area contributed by atoms with Crippen molar-refractivity contribution in [1.82, 2.24) is 9.55 Å². The fraction of sp³-hybridized carbons (Fsp3) is 0.200. The molecule has 0 atom stereocenters. The Morgan fingerprint density at radius 1 is 1.38 bits per heavy atom. The summed E-state index contributed by atoms with van der Waals surface area (Å²) < 4.78 is 3.04. The maximum Gasteiger partial charge on any atom is 0.328 e. The second kappa shape index (κ2) is 5.73.